The maximum absolute atomic E-state index is 13.4. The molecule has 0 bridgehead atoms. The summed E-state index contributed by atoms with van der Waals surface area (Å²) in [6, 6.07) is 10.6. The highest BCUT2D eigenvalue weighted by atomic mass is 79.9. The molecule has 5 nitrogen and oxygen atoms in total. The number of amides is 1. The number of carbonyl (C=O) groups excluding carboxylic acids is 2. The van der Waals surface area contributed by atoms with Crippen LogP contribution in [0.5, 0.6) is 0 Å². The lowest BCUT2D eigenvalue weighted by molar-refractivity contribution is -0.152. The van der Waals surface area contributed by atoms with Crippen molar-refractivity contribution in [1.82, 2.24) is 4.98 Å². The first-order valence-corrected chi connectivity index (χ1v) is 10.1. The lowest BCUT2D eigenvalue weighted by Gasteiger charge is -2.12. The maximum Gasteiger partial charge on any atom is 0.311 e. The van der Waals surface area contributed by atoms with E-state index in [0.29, 0.717) is 11.3 Å². The lowest BCUT2D eigenvalue weighted by Crippen LogP contribution is -2.30. The third-order valence-corrected chi connectivity index (χ3v) is 5.18. The zero-order valence-electron chi connectivity index (χ0n) is 15.1. The molecule has 3 rings (SSSR count). The summed E-state index contributed by atoms with van der Waals surface area (Å²) in [5.74, 6) is -3.00. The fourth-order valence-electron chi connectivity index (χ4n) is 2.39. The fourth-order valence-corrected chi connectivity index (χ4v) is 3.37. The van der Waals surface area contributed by atoms with Crippen molar-refractivity contribution in [3.63, 3.8) is 0 Å². The van der Waals surface area contributed by atoms with Gasteiger partial charge in [0.15, 0.2) is 22.9 Å². The number of benzene rings is 2. The quantitative estimate of drug-likeness (QED) is 0.506. The van der Waals surface area contributed by atoms with Crippen molar-refractivity contribution < 1.29 is 23.1 Å². The number of hydrogen-bond acceptors (Lipinski definition) is 5. The predicted octanol–water partition coefficient (Wildman–Crippen LogP) is 4.96. The number of nitrogens with zero attached hydrogens (tertiary/aromatic N) is 1. The summed E-state index contributed by atoms with van der Waals surface area (Å²) in [4.78, 5) is 28.5. The van der Waals surface area contributed by atoms with Crippen molar-refractivity contribution in [1.29, 1.82) is 0 Å². The number of aromatic nitrogens is 1. The second-order valence-corrected chi connectivity index (χ2v) is 7.87. The highest BCUT2D eigenvalue weighted by molar-refractivity contribution is 9.10. The second-order valence-electron chi connectivity index (χ2n) is 6.09. The van der Waals surface area contributed by atoms with Crippen LogP contribution in [-0.2, 0) is 20.7 Å². The van der Waals surface area contributed by atoms with Gasteiger partial charge in [-0.05, 0) is 42.8 Å². The van der Waals surface area contributed by atoms with Crippen molar-refractivity contribution in [2.45, 2.75) is 19.4 Å². The summed E-state index contributed by atoms with van der Waals surface area (Å²) >= 11 is 4.44. The molecule has 1 unspecified atom stereocenters. The Kier molecular flexibility index (Phi) is 6.71. The van der Waals surface area contributed by atoms with E-state index >= 15 is 0 Å². The number of rotatable bonds is 6. The average Bonchev–Trinajstić information content (AvgIpc) is 3.14. The molecule has 0 radical (unpaired) electrons. The maximum atomic E-state index is 13.4. The number of thiazole rings is 1. The van der Waals surface area contributed by atoms with E-state index in [-0.39, 0.29) is 11.6 Å². The molecule has 0 aliphatic carbocycles. The van der Waals surface area contributed by atoms with Crippen molar-refractivity contribution in [2.24, 2.45) is 0 Å². The first-order chi connectivity index (χ1) is 13.8. The molecule has 29 heavy (non-hydrogen) atoms. The summed E-state index contributed by atoms with van der Waals surface area (Å²) < 4.78 is 32.5. The van der Waals surface area contributed by atoms with Gasteiger partial charge >= 0.3 is 5.97 Å². The van der Waals surface area contributed by atoms with E-state index in [1.807, 2.05) is 12.1 Å². The summed E-state index contributed by atoms with van der Waals surface area (Å²) in [5, 5.41) is 4.41. The molecule has 0 spiro atoms. The standard InChI is InChI=1S/C20H15BrF2N2O3S/c1-11(28-18(26)8-12-2-5-14(21)6-3-12)19(27)25-20-24-17(10-29-20)13-4-7-15(22)16(23)9-13/h2-7,9-11H,8H2,1H3,(H,24,25,27). The molecule has 0 saturated carbocycles. The molecule has 1 atom stereocenters. The molecule has 0 aliphatic rings. The van der Waals surface area contributed by atoms with E-state index < -0.39 is 29.6 Å². The SMILES string of the molecule is CC(OC(=O)Cc1ccc(Br)cc1)C(=O)Nc1nc(-c2ccc(F)c(F)c2)cs1. The monoisotopic (exact) mass is 480 g/mol. The van der Waals surface area contributed by atoms with E-state index in [4.69, 9.17) is 4.74 Å². The van der Waals surface area contributed by atoms with E-state index in [9.17, 15) is 18.4 Å². The van der Waals surface area contributed by atoms with Crippen LogP contribution < -0.4 is 5.32 Å². The van der Waals surface area contributed by atoms with Crippen LogP contribution in [0.15, 0.2) is 52.3 Å². The first kappa shape index (κ1) is 21.1. The van der Waals surface area contributed by atoms with Gasteiger partial charge < -0.3 is 4.74 Å². The average molecular weight is 481 g/mol. The van der Waals surface area contributed by atoms with E-state index in [1.165, 1.54) is 13.0 Å². The van der Waals surface area contributed by atoms with Crippen LogP contribution in [0.25, 0.3) is 11.3 Å². The molecule has 1 aromatic heterocycles. The fraction of sp³-hybridized carbons (Fsp3) is 0.150. The van der Waals surface area contributed by atoms with Crippen molar-refractivity contribution in [3.05, 3.63) is 69.5 Å². The van der Waals surface area contributed by atoms with Crippen molar-refractivity contribution in [2.75, 3.05) is 5.32 Å². The number of carbonyl (C=O) groups is 2. The molecule has 0 aliphatic heterocycles. The summed E-state index contributed by atoms with van der Waals surface area (Å²) in [6.07, 6.45) is -0.976. The predicted molar refractivity (Wildman–Crippen MR) is 109 cm³/mol. The third kappa shape index (κ3) is 5.68. The zero-order chi connectivity index (χ0) is 21.0. The van der Waals surface area contributed by atoms with E-state index in [2.05, 4.69) is 26.2 Å². The lowest BCUT2D eigenvalue weighted by atomic mass is 10.1. The van der Waals surface area contributed by atoms with Gasteiger partial charge in [0.2, 0.25) is 0 Å². The third-order valence-electron chi connectivity index (χ3n) is 3.89. The van der Waals surface area contributed by atoms with Crippen molar-refractivity contribution in [3.8, 4) is 11.3 Å². The molecule has 0 fully saturated rings. The number of halogens is 3. The van der Waals surface area contributed by atoms with Gasteiger partial charge in [0.1, 0.15) is 0 Å². The molecule has 9 heteroatoms. The molecular formula is C20H15BrF2N2O3S. The molecular weight excluding hydrogens is 466 g/mol. The second kappa shape index (κ2) is 9.23. The highest BCUT2D eigenvalue weighted by Gasteiger charge is 2.19. The van der Waals surface area contributed by atoms with Crippen LogP contribution in [-0.4, -0.2) is 23.0 Å². The van der Waals surface area contributed by atoms with Crippen LogP contribution >= 0.6 is 27.3 Å². The van der Waals surface area contributed by atoms with Crippen LogP contribution in [0.4, 0.5) is 13.9 Å². The Labute approximate surface area is 177 Å². The van der Waals surface area contributed by atoms with E-state index in [0.717, 1.165) is 33.5 Å². The van der Waals surface area contributed by atoms with Crippen molar-refractivity contribution >= 4 is 44.3 Å². The van der Waals surface area contributed by atoms with Gasteiger partial charge in [0.25, 0.3) is 5.91 Å². The van der Waals surface area contributed by atoms with Gasteiger partial charge in [0, 0.05) is 15.4 Å². The Bertz CT molecular complexity index is 1040. The smallest absolute Gasteiger partial charge is 0.311 e. The highest BCUT2D eigenvalue weighted by Crippen LogP contribution is 2.26. The number of anilines is 1. The largest absolute Gasteiger partial charge is 0.452 e. The Hall–Kier alpha value is -2.65. The molecule has 1 N–H and O–H groups in total. The Morgan fingerprint density at radius 3 is 2.59 bits per heavy atom. The number of nitrogens with one attached hydrogen (secondary N) is 1. The minimum absolute atomic E-state index is 0.0441. The Balaban J connectivity index is 1.56. The first-order valence-electron chi connectivity index (χ1n) is 8.47. The number of esters is 1. The summed E-state index contributed by atoms with van der Waals surface area (Å²) in [6.45, 7) is 1.46. The minimum atomic E-state index is -1.02. The van der Waals surface area contributed by atoms with Gasteiger partial charge in [-0.15, -0.1) is 11.3 Å². The van der Waals surface area contributed by atoms with Crippen LogP contribution in [0.1, 0.15) is 12.5 Å². The van der Waals surface area contributed by atoms with Gasteiger partial charge in [-0.1, -0.05) is 28.1 Å². The Morgan fingerprint density at radius 2 is 1.90 bits per heavy atom. The minimum Gasteiger partial charge on any atom is -0.452 e. The topological polar surface area (TPSA) is 68.3 Å². The van der Waals surface area contributed by atoms with Gasteiger partial charge in [-0.3, -0.25) is 14.9 Å². The number of hydrogen-bond donors (Lipinski definition) is 1. The normalized spacial score (nSPS) is 11.7. The molecule has 1 heterocycles. The van der Waals surface area contributed by atoms with Gasteiger partial charge in [0.05, 0.1) is 12.1 Å². The number of ether oxygens (including phenoxy) is 1. The molecule has 2 aromatic carbocycles. The van der Waals surface area contributed by atoms with Crippen LogP contribution in [0.2, 0.25) is 0 Å². The molecule has 3 aromatic rings. The van der Waals surface area contributed by atoms with Gasteiger partial charge in [-0.2, -0.15) is 0 Å². The Morgan fingerprint density at radius 1 is 1.17 bits per heavy atom. The zero-order valence-corrected chi connectivity index (χ0v) is 17.5. The van der Waals surface area contributed by atoms with Crippen LogP contribution in [0.3, 0.4) is 0 Å². The van der Waals surface area contributed by atoms with Crippen LogP contribution in [0, 0.1) is 11.6 Å². The van der Waals surface area contributed by atoms with E-state index in [1.54, 1.807) is 17.5 Å². The summed E-state index contributed by atoms with van der Waals surface area (Å²) in [7, 11) is 0. The molecule has 1 amide bonds. The molecule has 0 saturated heterocycles. The van der Waals surface area contributed by atoms with Gasteiger partial charge in [-0.25, -0.2) is 13.8 Å². The summed E-state index contributed by atoms with van der Waals surface area (Å²) in [5.41, 5.74) is 1.54. The molecule has 150 valence electrons.